The fourth-order valence-corrected chi connectivity index (χ4v) is 2.31. The predicted octanol–water partition coefficient (Wildman–Crippen LogP) is 2.32. The van der Waals surface area contributed by atoms with Gasteiger partial charge in [-0.1, -0.05) is 6.07 Å². The van der Waals surface area contributed by atoms with Gasteiger partial charge in [0.2, 0.25) is 0 Å². The second-order valence-electron chi connectivity index (χ2n) is 4.23. The molecule has 4 nitrogen and oxygen atoms in total. The maximum atomic E-state index is 5.34. The fraction of sp³-hybridized carbons (Fsp3) is 0.417. The molecule has 0 radical (unpaired) electrons. The van der Waals surface area contributed by atoms with Crippen LogP contribution in [0.3, 0.4) is 0 Å². The molecule has 1 aliphatic rings. The molecule has 0 saturated carbocycles. The molecule has 2 aromatic rings. The minimum absolute atomic E-state index is 0.434. The van der Waals surface area contributed by atoms with Crippen molar-refractivity contribution in [1.29, 1.82) is 0 Å². The molecule has 0 atom stereocenters. The number of benzene rings is 1. The summed E-state index contributed by atoms with van der Waals surface area (Å²) < 4.78 is 10.7. The van der Waals surface area contributed by atoms with Crippen LogP contribution in [0.5, 0.6) is 0 Å². The number of hydrogen-bond acceptors (Lipinski definition) is 4. The summed E-state index contributed by atoms with van der Waals surface area (Å²) in [5.41, 5.74) is 3.06. The highest BCUT2D eigenvalue weighted by molar-refractivity contribution is 7.71. The van der Waals surface area contributed by atoms with Crippen LogP contribution in [0.4, 0.5) is 0 Å². The Morgan fingerprint density at radius 3 is 2.94 bits per heavy atom. The molecular formula is C12H14N2O2S. The van der Waals surface area contributed by atoms with Gasteiger partial charge in [0.15, 0.2) is 5.58 Å². The number of rotatable bonds is 2. The van der Waals surface area contributed by atoms with Crippen LogP contribution < -0.4 is 0 Å². The number of morpholine rings is 1. The van der Waals surface area contributed by atoms with Crippen molar-refractivity contribution in [3.05, 3.63) is 28.6 Å². The summed E-state index contributed by atoms with van der Waals surface area (Å²) in [6.07, 6.45) is 0. The van der Waals surface area contributed by atoms with Crippen molar-refractivity contribution in [2.24, 2.45) is 0 Å². The summed E-state index contributed by atoms with van der Waals surface area (Å²) >= 11 is 4.97. The molecular weight excluding hydrogens is 236 g/mol. The van der Waals surface area contributed by atoms with E-state index in [9.17, 15) is 0 Å². The van der Waals surface area contributed by atoms with E-state index in [4.69, 9.17) is 21.4 Å². The van der Waals surface area contributed by atoms with Crippen LogP contribution in [-0.4, -0.2) is 36.2 Å². The summed E-state index contributed by atoms with van der Waals surface area (Å²) in [5, 5.41) is 0. The molecule has 2 heterocycles. The number of aromatic amines is 1. The highest BCUT2D eigenvalue weighted by atomic mass is 32.1. The first kappa shape index (κ1) is 11.0. The summed E-state index contributed by atoms with van der Waals surface area (Å²) in [5.74, 6) is 0. The van der Waals surface area contributed by atoms with Gasteiger partial charge in [-0.15, -0.1) is 0 Å². The lowest BCUT2D eigenvalue weighted by molar-refractivity contribution is 0.0342. The van der Waals surface area contributed by atoms with E-state index in [0.29, 0.717) is 4.84 Å². The van der Waals surface area contributed by atoms with Gasteiger partial charge in [-0.05, 0) is 29.9 Å². The molecule has 17 heavy (non-hydrogen) atoms. The number of aromatic nitrogens is 1. The number of oxazole rings is 1. The van der Waals surface area contributed by atoms with Gasteiger partial charge in [0.05, 0.1) is 18.7 Å². The lowest BCUT2D eigenvalue weighted by Crippen LogP contribution is -2.35. The van der Waals surface area contributed by atoms with E-state index in [1.807, 2.05) is 6.07 Å². The Labute approximate surface area is 104 Å². The third-order valence-corrected chi connectivity index (χ3v) is 3.18. The molecule has 0 amide bonds. The van der Waals surface area contributed by atoms with Crippen molar-refractivity contribution in [3.63, 3.8) is 0 Å². The molecule has 1 saturated heterocycles. The van der Waals surface area contributed by atoms with Crippen molar-refractivity contribution in [3.8, 4) is 0 Å². The van der Waals surface area contributed by atoms with E-state index < -0.39 is 0 Å². The number of nitrogens with one attached hydrogen (secondary N) is 1. The largest absolute Gasteiger partial charge is 0.429 e. The SMILES string of the molecule is S=c1[nH]c2cc(CN3CCOCC3)ccc2o1. The number of ether oxygens (including phenoxy) is 1. The van der Waals surface area contributed by atoms with Gasteiger partial charge in [-0.3, -0.25) is 4.90 Å². The van der Waals surface area contributed by atoms with E-state index in [1.165, 1.54) is 5.56 Å². The molecule has 0 aliphatic carbocycles. The van der Waals surface area contributed by atoms with Crippen LogP contribution in [0.15, 0.2) is 22.6 Å². The minimum atomic E-state index is 0.434. The van der Waals surface area contributed by atoms with Gasteiger partial charge in [0, 0.05) is 19.6 Å². The van der Waals surface area contributed by atoms with Crippen LogP contribution >= 0.6 is 12.2 Å². The average molecular weight is 250 g/mol. The first-order chi connectivity index (χ1) is 8.31. The first-order valence-electron chi connectivity index (χ1n) is 5.73. The average Bonchev–Trinajstić information content (AvgIpc) is 2.70. The Bertz CT molecular complexity index is 569. The zero-order valence-corrected chi connectivity index (χ0v) is 10.3. The normalized spacial score (nSPS) is 17.6. The summed E-state index contributed by atoms with van der Waals surface area (Å²) in [4.78, 5) is 5.86. The number of fused-ring (bicyclic) bond motifs is 1. The Kier molecular flexibility index (Phi) is 2.96. The zero-order chi connectivity index (χ0) is 11.7. The van der Waals surface area contributed by atoms with Crippen molar-refractivity contribution in [1.82, 2.24) is 9.88 Å². The Hall–Kier alpha value is -1.17. The van der Waals surface area contributed by atoms with Crippen LogP contribution in [0.25, 0.3) is 11.1 Å². The van der Waals surface area contributed by atoms with Crippen LogP contribution in [0.1, 0.15) is 5.56 Å². The maximum Gasteiger partial charge on any atom is 0.266 e. The molecule has 5 heteroatoms. The van der Waals surface area contributed by atoms with Gasteiger partial charge >= 0.3 is 0 Å². The number of hydrogen-bond donors (Lipinski definition) is 1. The molecule has 1 N–H and O–H groups in total. The van der Waals surface area contributed by atoms with Crippen molar-refractivity contribution < 1.29 is 9.15 Å². The molecule has 0 spiro atoms. The molecule has 1 fully saturated rings. The van der Waals surface area contributed by atoms with E-state index in [1.54, 1.807) is 0 Å². The Morgan fingerprint density at radius 1 is 1.29 bits per heavy atom. The van der Waals surface area contributed by atoms with Crippen molar-refractivity contribution >= 4 is 23.3 Å². The van der Waals surface area contributed by atoms with E-state index in [2.05, 4.69) is 22.0 Å². The highest BCUT2D eigenvalue weighted by Gasteiger charge is 2.11. The van der Waals surface area contributed by atoms with Crippen LogP contribution in [0, 0.1) is 4.84 Å². The lowest BCUT2D eigenvalue weighted by atomic mass is 10.2. The quantitative estimate of drug-likeness (QED) is 0.831. The maximum absolute atomic E-state index is 5.34. The summed E-state index contributed by atoms with van der Waals surface area (Å²) in [6.45, 7) is 4.61. The molecule has 3 rings (SSSR count). The summed E-state index contributed by atoms with van der Waals surface area (Å²) in [7, 11) is 0. The Morgan fingerprint density at radius 2 is 2.12 bits per heavy atom. The first-order valence-corrected chi connectivity index (χ1v) is 6.14. The van der Waals surface area contributed by atoms with E-state index in [0.717, 1.165) is 43.9 Å². The smallest absolute Gasteiger partial charge is 0.266 e. The number of H-pyrrole nitrogens is 1. The van der Waals surface area contributed by atoms with Gasteiger partial charge in [-0.2, -0.15) is 0 Å². The molecule has 90 valence electrons. The van der Waals surface area contributed by atoms with Crippen LogP contribution in [-0.2, 0) is 11.3 Å². The van der Waals surface area contributed by atoms with Gasteiger partial charge in [0.25, 0.3) is 4.84 Å². The second kappa shape index (κ2) is 4.60. The lowest BCUT2D eigenvalue weighted by Gasteiger charge is -2.26. The molecule has 1 aromatic heterocycles. The molecule has 0 bridgehead atoms. The van der Waals surface area contributed by atoms with Crippen molar-refractivity contribution in [2.45, 2.75) is 6.54 Å². The predicted molar refractivity (Wildman–Crippen MR) is 67.5 cm³/mol. The van der Waals surface area contributed by atoms with Gasteiger partial charge in [0.1, 0.15) is 0 Å². The number of nitrogens with zero attached hydrogens (tertiary/aromatic N) is 1. The van der Waals surface area contributed by atoms with Gasteiger partial charge < -0.3 is 14.1 Å². The topological polar surface area (TPSA) is 41.4 Å². The van der Waals surface area contributed by atoms with E-state index in [-0.39, 0.29) is 0 Å². The third kappa shape index (κ3) is 2.41. The monoisotopic (exact) mass is 250 g/mol. The van der Waals surface area contributed by atoms with Gasteiger partial charge in [-0.25, -0.2) is 0 Å². The standard InChI is InChI=1S/C12H14N2O2S/c17-12-13-10-7-9(1-2-11(10)16-12)8-14-3-5-15-6-4-14/h1-2,7H,3-6,8H2,(H,13,17). The van der Waals surface area contributed by atoms with Crippen LogP contribution in [0.2, 0.25) is 0 Å². The third-order valence-electron chi connectivity index (χ3n) is 2.99. The zero-order valence-electron chi connectivity index (χ0n) is 9.44. The molecule has 0 unspecified atom stereocenters. The molecule has 1 aromatic carbocycles. The second-order valence-corrected chi connectivity index (χ2v) is 4.60. The fourth-order valence-electron chi connectivity index (χ4n) is 2.11. The highest BCUT2D eigenvalue weighted by Crippen LogP contribution is 2.16. The minimum Gasteiger partial charge on any atom is -0.429 e. The Balaban J connectivity index is 1.82. The summed E-state index contributed by atoms with van der Waals surface area (Å²) in [6, 6.07) is 6.16. The van der Waals surface area contributed by atoms with E-state index >= 15 is 0 Å². The molecule has 1 aliphatic heterocycles. The van der Waals surface area contributed by atoms with Crippen molar-refractivity contribution in [2.75, 3.05) is 26.3 Å².